The topological polar surface area (TPSA) is 154 Å². The number of allylic oxidation sites excluding steroid dienone is 1. The summed E-state index contributed by atoms with van der Waals surface area (Å²) < 4.78 is 84.5. The average Bonchev–Trinajstić information content (AvgIpc) is 2.60. The molecule has 0 spiro atoms. The first kappa shape index (κ1) is 22.4. The highest BCUT2D eigenvalue weighted by atomic mass is 32.2. The number of sulfonamides is 1. The van der Waals surface area contributed by atoms with Gasteiger partial charge in [0.2, 0.25) is 11.8 Å². The second kappa shape index (κ2) is 8.07. The summed E-state index contributed by atoms with van der Waals surface area (Å²) in [5, 5.41) is 1.98. The maximum absolute atomic E-state index is 12.6. The Hall–Kier alpha value is -3.33. The van der Waals surface area contributed by atoms with Gasteiger partial charge in [0.05, 0.1) is 4.91 Å². The number of aromatic nitrogens is 2. The van der Waals surface area contributed by atoms with Crippen LogP contribution in [0.3, 0.4) is 0 Å². The van der Waals surface area contributed by atoms with Gasteiger partial charge in [-0.3, -0.25) is 5.32 Å². The molecule has 3 rings (SSSR count). The fourth-order valence-corrected chi connectivity index (χ4v) is 4.39. The number of hydrogen-bond acceptors (Lipinski definition) is 9. The summed E-state index contributed by atoms with van der Waals surface area (Å²) in [6.07, 6.45) is 1.22. The zero-order valence-corrected chi connectivity index (χ0v) is 17.4. The summed E-state index contributed by atoms with van der Waals surface area (Å²) in [6.45, 7) is -0.489. The van der Waals surface area contributed by atoms with E-state index in [2.05, 4.69) is 14.7 Å². The first-order valence-electron chi connectivity index (χ1n) is 8.27. The van der Waals surface area contributed by atoms with Crippen molar-refractivity contribution in [2.75, 3.05) is 5.32 Å². The minimum Gasteiger partial charge on any atom is -0.417 e. The lowest BCUT2D eigenvalue weighted by molar-refractivity contribution is -0.0528. The standard InChI is InChI=1S/C16H14F2N4O7S2/c1-8-6-12(28-14(17)18)20-15(19-8)21-16(23)22-30(24,25)11-5-3-4-10-7-9(2)31(26,27)29-13(10)11/h3-7,14H,1-2H3,(H2,19,20,21,22,23). The third-order valence-electron chi connectivity index (χ3n) is 3.74. The van der Waals surface area contributed by atoms with E-state index in [0.29, 0.717) is 0 Å². The molecule has 0 atom stereocenters. The Bertz CT molecular complexity index is 1300. The smallest absolute Gasteiger partial charge is 0.388 e. The number of carbonyl (C=O) groups excluding carboxylic acids is 1. The lowest BCUT2D eigenvalue weighted by Crippen LogP contribution is -2.35. The van der Waals surface area contributed by atoms with Gasteiger partial charge in [-0.1, -0.05) is 12.1 Å². The van der Waals surface area contributed by atoms with E-state index >= 15 is 0 Å². The molecule has 2 N–H and O–H groups in total. The molecule has 0 unspecified atom stereocenters. The number of benzene rings is 1. The number of aryl methyl sites for hydroxylation is 1. The summed E-state index contributed by atoms with van der Waals surface area (Å²) in [5.74, 6) is -1.53. The minimum absolute atomic E-state index is 0.126. The maximum atomic E-state index is 12.6. The number of anilines is 1. The van der Waals surface area contributed by atoms with Gasteiger partial charge in [0, 0.05) is 17.3 Å². The van der Waals surface area contributed by atoms with E-state index in [1.165, 1.54) is 32.1 Å². The fourth-order valence-electron chi connectivity index (χ4n) is 2.47. The van der Waals surface area contributed by atoms with Crippen LogP contribution in [0.2, 0.25) is 0 Å². The van der Waals surface area contributed by atoms with Crippen molar-refractivity contribution in [3.05, 3.63) is 40.4 Å². The number of rotatable bonds is 5. The first-order valence-corrected chi connectivity index (χ1v) is 11.2. The van der Waals surface area contributed by atoms with Crippen LogP contribution in [0.25, 0.3) is 6.08 Å². The highest BCUT2D eigenvalue weighted by molar-refractivity contribution is 7.91. The van der Waals surface area contributed by atoms with Crippen molar-refractivity contribution < 1.29 is 39.3 Å². The van der Waals surface area contributed by atoms with Gasteiger partial charge in [-0.05, 0) is 26.0 Å². The number of hydrogen-bond donors (Lipinski definition) is 2. The molecule has 2 heterocycles. The first-order chi connectivity index (χ1) is 14.4. The van der Waals surface area contributed by atoms with Crippen molar-refractivity contribution in [2.45, 2.75) is 25.4 Å². The van der Waals surface area contributed by atoms with E-state index in [9.17, 15) is 30.4 Å². The molecular formula is C16H14F2N4O7S2. The number of halogens is 2. The van der Waals surface area contributed by atoms with Crippen molar-refractivity contribution in [1.29, 1.82) is 0 Å². The molecule has 1 aromatic heterocycles. The quantitative estimate of drug-likeness (QED) is 0.617. The van der Waals surface area contributed by atoms with Gasteiger partial charge >= 0.3 is 22.8 Å². The number of nitrogens with zero attached hydrogens (tertiary/aromatic N) is 2. The van der Waals surface area contributed by atoms with Crippen molar-refractivity contribution in [3.63, 3.8) is 0 Å². The van der Waals surface area contributed by atoms with Crippen LogP contribution < -0.4 is 19.0 Å². The van der Waals surface area contributed by atoms with Crippen LogP contribution in [0.1, 0.15) is 18.2 Å². The molecule has 2 amide bonds. The largest absolute Gasteiger partial charge is 0.417 e. The van der Waals surface area contributed by atoms with E-state index in [1.54, 1.807) is 4.72 Å². The second-order valence-electron chi connectivity index (χ2n) is 6.08. The molecule has 1 aliphatic heterocycles. The normalized spacial score (nSPS) is 14.8. The van der Waals surface area contributed by atoms with Crippen LogP contribution in [0, 0.1) is 6.92 Å². The molecule has 166 valence electrons. The van der Waals surface area contributed by atoms with Gasteiger partial charge in [-0.2, -0.15) is 22.2 Å². The van der Waals surface area contributed by atoms with Gasteiger partial charge < -0.3 is 8.92 Å². The van der Waals surface area contributed by atoms with Crippen molar-refractivity contribution in [2.24, 2.45) is 0 Å². The van der Waals surface area contributed by atoms with Crippen LogP contribution in [-0.4, -0.2) is 39.4 Å². The number of para-hydroxylation sites is 1. The van der Waals surface area contributed by atoms with Gasteiger partial charge in [0.1, 0.15) is 4.90 Å². The monoisotopic (exact) mass is 476 g/mol. The molecule has 11 nitrogen and oxygen atoms in total. The molecule has 0 bridgehead atoms. The van der Waals surface area contributed by atoms with Crippen LogP contribution in [0.4, 0.5) is 19.5 Å². The molecule has 0 fully saturated rings. The Kier molecular flexibility index (Phi) is 5.82. The van der Waals surface area contributed by atoms with Crippen LogP contribution >= 0.6 is 0 Å². The Morgan fingerprint density at radius 2 is 1.94 bits per heavy atom. The molecular weight excluding hydrogens is 462 g/mol. The van der Waals surface area contributed by atoms with Crippen molar-refractivity contribution in [1.82, 2.24) is 14.7 Å². The van der Waals surface area contributed by atoms with Crippen molar-refractivity contribution >= 4 is 38.2 Å². The fraction of sp³-hybridized carbons (Fsp3) is 0.188. The Morgan fingerprint density at radius 3 is 2.61 bits per heavy atom. The number of carbonyl (C=O) groups is 1. The van der Waals surface area contributed by atoms with Crippen LogP contribution in [0.5, 0.6) is 11.6 Å². The third kappa shape index (κ3) is 5.05. The van der Waals surface area contributed by atoms with Gasteiger partial charge in [-0.25, -0.2) is 22.9 Å². The third-order valence-corrected chi connectivity index (χ3v) is 6.39. The molecule has 0 aliphatic carbocycles. The summed E-state index contributed by atoms with van der Waals surface area (Å²) in [7, 11) is -8.80. The Morgan fingerprint density at radius 1 is 1.23 bits per heavy atom. The van der Waals surface area contributed by atoms with Crippen LogP contribution in [-0.2, 0) is 20.1 Å². The predicted octanol–water partition coefficient (Wildman–Crippen LogP) is 1.98. The molecule has 0 saturated carbocycles. The lowest BCUT2D eigenvalue weighted by Gasteiger charge is -2.18. The van der Waals surface area contributed by atoms with E-state index in [-0.39, 0.29) is 16.2 Å². The van der Waals surface area contributed by atoms with Crippen molar-refractivity contribution in [3.8, 4) is 11.6 Å². The molecule has 1 aliphatic rings. The van der Waals surface area contributed by atoms with E-state index in [0.717, 1.165) is 12.1 Å². The van der Waals surface area contributed by atoms with Crippen LogP contribution in [0.15, 0.2) is 34.1 Å². The highest BCUT2D eigenvalue weighted by Crippen LogP contribution is 2.36. The number of urea groups is 1. The lowest BCUT2D eigenvalue weighted by atomic mass is 10.2. The maximum Gasteiger partial charge on any atom is 0.388 e. The zero-order valence-electron chi connectivity index (χ0n) is 15.8. The molecule has 0 radical (unpaired) electrons. The number of ether oxygens (including phenoxy) is 1. The summed E-state index contributed by atoms with van der Waals surface area (Å²) in [4.78, 5) is 18.7. The molecule has 2 aromatic rings. The minimum atomic E-state index is -4.62. The summed E-state index contributed by atoms with van der Waals surface area (Å²) in [6, 6.07) is 3.54. The number of fused-ring (bicyclic) bond motifs is 1. The summed E-state index contributed by atoms with van der Waals surface area (Å²) >= 11 is 0. The van der Waals surface area contributed by atoms with E-state index in [4.69, 9.17) is 4.18 Å². The Labute approximate surface area is 175 Å². The number of nitrogens with one attached hydrogen (secondary N) is 2. The Balaban J connectivity index is 1.85. The highest BCUT2D eigenvalue weighted by Gasteiger charge is 2.31. The summed E-state index contributed by atoms with van der Waals surface area (Å²) in [5.41, 5.74) is 0.327. The van der Waals surface area contributed by atoms with E-state index < -0.39 is 55.3 Å². The van der Waals surface area contributed by atoms with Gasteiger partial charge in [-0.15, -0.1) is 0 Å². The van der Waals surface area contributed by atoms with E-state index in [1.807, 2.05) is 5.32 Å². The zero-order chi connectivity index (χ0) is 23.0. The average molecular weight is 476 g/mol. The predicted molar refractivity (Wildman–Crippen MR) is 102 cm³/mol. The molecule has 0 saturated heterocycles. The molecule has 1 aromatic carbocycles. The second-order valence-corrected chi connectivity index (χ2v) is 9.45. The number of amides is 2. The number of alkyl halides is 2. The van der Waals surface area contributed by atoms with Gasteiger partial charge in [0.15, 0.2) is 5.75 Å². The SMILES string of the molecule is CC1=Cc2cccc(S(=O)(=O)NC(=O)Nc3nc(C)cc(OC(F)F)n3)c2OS1(=O)=O. The molecule has 15 heteroatoms. The molecule has 31 heavy (non-hydrogen) atoms. The van der Waals surface area contributed by atoms with Gasteiger partial charge in [0.25, 0.3) is 10.0 Å².